The van der Waals surface area contributed by atoms with Crippen molar-refractivity contribution in [1.82, 2.24) is 5.32 Å². The number of benzene rings is 2. The standard InChI is InChI=1S/C24H33BrN2O4/c1-6-29-21-12-10-18(16-22(21)30-7-2)27-23(28)26-13-8-14-31-20-11-9-17(15-19(20)25)24(3,4)5/h9-12,15-16H,6-8,13-14H2,1-5H3,(H2,26,27,28). The first-order chi connectivity index (χ1) is 14.7. The minimum absolute atomic E-state index is 0.0884. The van der Waals surface area contributed by atoms with Gasteiger partial charge in [-0.05, 0) is 71.4 Å². The quantitative estimate of drug-likeness (QED) is 0.391. The van der Waals surface area contributed by atoms with E-state index in [1.165, 1.54) is 5.56 Å². The molecule has 6 nitrogen and oxygen atoms in total. The second-order valence-corrected chi connectivity index (χ2v) is 8.86. The van der Waals surface area contributed by atoms with Gasteiger partial charge in [-0.3, -0.25) is 0 Å². The normalized spacial score (nSPS) is 11.0. The van der Waals surface area contributed by atoms with E-state index in [2.05, 4.69) is 59.5 Å². The van der Waals surface area contributed by atoms with Gasteiger partial charge in [-0.2, -0.15) is 0 Å². The van der Waals surface area contributed by atoms with E-state index in [1.807, 2.05) is 19.9 Å². The van der Waals surface area contributed by atoms with Gasteiger partial charge in [-0.15, -0.1) is 0 Å². The summed E-state index contributed by atoms with van der Waals surface area (Å²) in [5.41, 5.74) is 1.97. The number of halogens is 1. The molecule has 0 spiro atoms. The minimum Gasteiger partial charge on any atom is -0.492 e. The molecule has 2 aromatic carbocycles. The molecular formula is C24H33BrN2O4. The van der Waals surface area contributed by atoms with Crippen LogP contribution in [-0.4, -0.2) is 32.4 Å². The van der Waals surface area contributed by atoms with Gasteiger partial charge in [-0.1, -0.05) is 26.8 Å². The maximum absolute atomic E-state index is 12.2. The van der Waals surface area contributed by atoms with Crippen molar-refractivity contribution in [3.63, 3.8) is 0 Å². The van der Waals surface area contributed by atoms with E-state index < -0.39 is 0 Å². The van der Waals surface area contributed by atoms with Gasteiger partial charge in [0.1, 0.15) is 5.75 Å². The fraction of sp³-hybridized carbons (Fsp3) is 0.458. The highest BCUT2D eigenvalue weighted by atomic mass is 79.9. The lowest BCUT2D eigenvalue weighted by Gasteiger charge is -2.20. The number of nitrogens with one attached hydrogen (secondary N) is 2. The SMILES string of the molecule is CCOc1ccc(NC(=O)NCCCOc2ccc(C(C)(C)C)cc2Br)cc1OCC. The molecule has 0 heterocycles. The van der Waals surface area contributed by atoms with E-state index in [0.29, 0.717) is 50.0 Å². The van der Waals surface area contributed by atoms with Crippen LogP contribution in [0.1, 0.15) is 46.6 Å². The molecule has 0 unspecified atom stereocenters. The van der Waals surface area contributed by atoms with Gasteiger partial charge < -0.3 is 24.8 Å². The van der Waals surface area contributed by atoms with Crippen LogP contribution in [0, 0.1) is 0 Å². The molecule has 31 heavy (non-hydrogen) atoms. The van der Waals surface area contributed by atoms with Crippen molar-refractivity contribution in [2.75, 3.05) is 31.7 Å². The predicted molar refractivity (Wildman–Crippen MR) is 129 cm³/mol. The lowest BCUT2D eigenvalue weighted by Crippen LogP contribution is -2.30. The summed E-state index contributed by atoms with van der Waals surface area (Å²) in [5, 5.41) is 5.65. The Hall–Kier alpha value is -2.41. The molecule has 0 aromatic heterocycles. The highest BCUT2D eigenvalue weighted by Crippen LogP contribution is 2.32. The molecule has 0 radical (unpaired) electrons. The smallest absolute Gasteiger partial charge is 0.319 e. The van der Waals surface area contributed by atoms with E-state index in [1.54, 1.807) is 18.2 Å². The van der Waals surface area contributed by atoms with Crippen LogP contribution in [0.15, 0.2) is 40.9 Å². The molecule has 2 amide bonds. The molecule has 2 N–H and O–H groups in total. The van der Waals surface area contributed by atoms with Gasteiger partial charge in [0, 0.05) is 18.3 Å². The van der Waals surface area contributed by atoms with Crippen LogP contribution in [0.4, 0.5) is 10.5 Å². The Kier molecular flexibility index (Phi) is 9.49. The molecule has 0 saturated heterocycles. The minimum atomic E-state index is -0.276. The fourth-order valence-electron chi connectivity index (χ4n) is 2.84. The van der Waals surface area contributed by atoms with E-state index in [4.69, 9.17) is 14.2 Å². The lowest BCUT2D eigenvalue weighted by molar-refractivity contribution is 0.250. The monoisotopic (exact) mass is 492 g/mol. The maximum atomic E-state index is 12.2. The molecule has 0 aliphatic carbocycles. The number of hydrogen-bond acceptors (Lipinski definition) is 4. The van der Waals surface area contributed by atoms with Crippen LogP contribution in [-0.2, 0) is 5.41 Å². The van der Waals surface area contributed by atoms with Gasteiger partial charge in [-0.25, -0.2) is 4.79 Å². The number of ether oxygens (including phenoxy) is 3. The van der Waals surface area contributed by atoms with Crippen molar-refractivity contribution >= 4 is 27.6 Å². The van der Waals surface area contributed by atoms with Crippen LogP contribution in [0.5, 0.6) is 17.2 Å². The highest BCUT2D eigenvalue weighted by molar-refractivity contribution is 9.10. The number of anilines is 1. The van der Waals surface area contributed by atoms with Crippen molar-refractivity contribution in [3.05, 3.63) is 46.4 Å². The third-order valence-electron chi connectivity index (χ3n) is 4.46. The number of urea groups is 1. The number of hydrogen-bond donors (Lipinski definition) is 2. The van der Waals surface area contributed by atoms with E-state index in [9.17, 15) is 4.79 Å². The van der Waals surface area contributed by atoms with Crippen LogP contribution in [0.25, 0.3) is 0 Å². The van der Waals surface area contributed by atoms with Gasteiger partial charge in [0.05, 0.1) is 24.3 Å². The molecule has 0 bridgehead atoms. The largest absolute Gasteiger partial charge is 0.492 e. The summed E-state index contributed by atoms with van der Waals surface area (Å²) in [7, 11) is 0. The van der Waals surface area contributed by atoms with Crippen molar-refractivity contribution in [3.8, 4) is 17.2 Å². The highest BCUT2D eigenvalue weighted by Gasteiger charge is 2.15. The molecule has 0 atom stereocenters. The Morgan fingerprint density at radius 3 is 2.26 bits per heavy atom. The summed E-state index contributed by atoms with van der Waals surface area (Å²) in [6, 6.07) is 11.2. The Morgan fingerprint density at radius 2 is 1.61 bits per heavy atom. The Bertz CT molecular complexity index is 865. The van der Waals surface area contributed by atoms with Crippen molar-refractivity contribution in [2.24, 2.45) is 0 Å². The number of carbonyl (C=O) groups is 1. The first-order valence-electron chi connectivity index (χ1n) is 10.6. The molecule has 2 rings (SSSR count). The van der Waals surface area contributed by atoms with E-state index >= 15 is 0 Å². The molecule has 7 heteroatoms. The second kappa shape index (κ2) is 11.8. The zero-order chi connectivity index (χ0) is 22.9. The summed E-state index contributed by atoms with van der Waals surface area (Å²) in [6.07, 6.45) is 0.689. The summed E-state index contributed by atoms with van der Waals surface area (Å²) < 4.78 is 17.9. The van der Waals surface area contributed by atoms with Crippen molar-refractivity contribution < 1.29 is 19.0 Å². The van der Waals surface area contributed by atoms with E-state index in [-0.39, 0.29) is 11.4 Å². The first-order valence-corrected chi connectivity index (χ1v) is 11.4. The van der Waals surface area contributed by atoms with Crippen molar-refractivity contribution in [1.29, 1.82) is 0 Å². The topological polar surface area (TPSA) is 68.8 Å². The zero-order valence-electron chi connectivity index (χ0n) is 19.0. The van der Waals surface area contributed by atoms with Crippen LogP contribution in [0.3, 0.4) is 0 Å². The molecular weight excluding hydrogens is 460 g/mol. The third kappa shape index (κ3) is 7.98. The van der Waals surface area contributed by atoms with Gasteiger partial charge >= 0.3 is 6.03 Å². The fourth-order valence-corrected chi connectivity index (χ4v) is 3.34. The van der Waals surface area contributed by atoms with Crippen LogP contribution >= 0.6 is 15.9 Å². The zero-order valence-corrected chi connectivity index (χ0v) is 20.6. The second-order valence-electron chi connectivity index (χ2n) is 8.01. The molecule has 170 valence electrons. The molecule has 0 aliphatic rings. The number of carbonyl (C=O) groups excluding carboxylic acids is 1. The number of rotatable bonds is 10. The molecule has 0 aliphatic heterocycles. The third-order valence-corrected chi connectivity index (χ3v) is 5.08. The van der Waals surface area contributed by atoms with Gasteiger partial charge in [0.15, 0.2) is 11.5 Å². The summed E-state index contributed by atoms with van der Waals surface area (Å²) in [5.74, 6) is 2.07. The summed E-state index contributed by atoms with van der Waals surface area (Å²) in [4.78, 5) is 12.2. The lowest BCUT2D eigenvalue weighted by atomic mass is 9.87. The average Bonchev–Trinajstić information content (AvgIpc) is 2.70. The van der Waals surface area contributed by atoms with Crippen LogP contribution < -0.4 is 24.8 Å². The van der Waals surface area contributed by atoms with E-state index in [0.717, 1.165) is 10.2 Å². The summed E-state index contributed by atoms with van der Waals surface area (Å²) in [6.45, 7) is 12.4. The Labute approximate surface area is 193 Å². The summed E-state index contributed by atoms with van der Waals surface area (Å²) >= 11 is 3.58. The molecule has 0 saturated carbocycles. The predicted octanol–water partition coefficient (Wildman–Crippen LogP) is 6.13. The average molecular weight is 493 g/mol. The molecule has 2 aromatic rings. The first kappa shape index (κ1) is 24.9. The Balaban J connectivity index is 1.77. The van der Waals surface area contributed by atoms with Gasteiger partial charge in [0.2, 0.25) is 0 Å². The number of amides is 2. The van der Waals surface area contributed by atoms with Crippen LogP contribution in [0.2, 0.25) is 0 Å². The maximum Gasteiger partial charge on any atom is 0.319 e. The van der Waals surface area contributed by atoms with Crippen molar-refractivity contribution in [2.45, 2.75) is 46.5 Å². The Morgan fingerprint density at radius 1 is 0.935 bits per heavy atom. The molecule has 0 fully saturated rings. The van der Waals surface area contributed by atoms with Gasteiger partial charge in [0.25, 0.3) is 0 Å².